The Hall–Kier alpha value is -4.94. The number of methoxy groups -OCH3 is 1. The molecule has 1 aliphatic carbocycles. The van der Waals surface area contributed by atoms with E-state index >= 15 is 4.39 Å². The van der Waals surface area contributed by atoms with E-state index in [4.69, 9.17) is 30.7 Å². The van der Waals surface area contributed by atoms with Crippen LogP contribution in [0.2, 0.25) is 5.02 Å². The topological polar surface area (TPSA) is 106 Å². The summed E-state index contributed by atoms with van der Waals surface area (Å²) < 4.78 is 41.2. The number of hydrogen-bond acceptors (Lipinski definition) is 9. The van der Waals surface area contributed by atoms with Crippen molar-refractivity contribution in [3.63, 3.8) is 0 Å². The lowest BCUT2D eigenvalue weighted by atomic mass is 9.93. The number of hydrogen-bond donors (Lipinski definition) is 1. The van der Waals surface area contributed by atoms with E-state index in [2.05, 4.69) is 21.6 Å². The fourth-order valence-corrected chi connectivity index (χ4v) is 9.32. The summed E-state index contributed by atoms with van der Waals surface area (Å²) in [6.45, 7) is 2.40. The van der Waals surface area contributed by atoms with E-state index in [1.165, 1.54) is 30.6 Å². The van der Waals surface area contributed by atoms with Crippen molar-refractivity contribution in [2.45, 2.75) is 57.5 Å². The number of aryl methyl sites for hydroxylation is 3. The largest absolute Gasteiger partial charge is 0.492 e. The number of amides is 1. The summed E-state index contributed by atoms with van der Waals surface area (Å²) in [5.41, 5.74) is 5.76. The number of nitrogens with zero attached hydrogens (tertiary/aromatic N) is 5. The van der Waals surface area contributed by atoms with Gasteiger partial charge in [0.1, 0.15) is 11.6 Å². The molecule has 6 aromatic rings. The summed E-state index contributed by atoms with van der Waals surface area (Å²) >= 11 is 7.92. The number of pyridine rings is 2. The highest BCUT2D eigenvalue weighted by molar-refractivity contribution is 7.23. The van der Waals surface area contributed by atoms with Crippen molar-refractivity contribution in [3.8, 4) is 27.6 Å². The summed E-state index contributed by atoms with van der Waals surface area (Å²) in [5, 5.41) is 13.3. The Morgan fingerprint density at radius 2 is 1.92 bits per heavy atom. The zero-order chi connectivity index (χ0) is 35.0. The number of halogens is 3. The van der Waals surface area contributed by atoms with E-state index in [0.717, 1.165) is 55.9 Å². The molecule has 258 valence electrons. The van der Waals surface area contributed by atoms with Gasteiger partial charge in [0.05, 0.1) is 51.4 Å². The number of thiophene rings is 1. The highest BCUT2D eigenvalue weighted by Gasteiger charge is 2.45. The minimum Gasteiger partial charge on any atom is -0.492 e. The summed E-state index contributed by atoms with van der Waals surface area (Å²) in [6.07, 6.45) is 5.80. The van der Waals surface area contributed by atoms with E-state index in [-0.39, 0.29) is 40.5 Å². The Balaban J connectivity index is 1.19. The van der Waals surface area contributed by atoms with Crippen molar-refractivity contribution >= 4 is 44.7 Å². The third-order valence-electron chi connectivity index (χ3n) is 10.2. The average molecular weight is 725 g/mol. The van der Waals surface area contributed by atoms with Gasteiger partial charge in [-0.2, -0.15) is 0 Å². The Morgan fingerprint density at radius 1 is 1.08 bits per heavy atom. The van der Waals surface area contributed by atoms with Crippen LogP contribution in [0.1, 0.15) is 75.7 Å². The van der Waals surface area contributed by atoms with Gasteiger partial charge in [0.15, 0.2) is 11.6 Å². The van der Waals surface area contributed by atoms with E-state index in [1.54, 1.807) is 31.3 Å². The van der Waals surface area contributed by atoms with Crippen molar-refractivity contribution in [2.75, 3.05) is 19.0 Å². The summed E-state index contributed by atoms with van der Waals surface area (Å²) in [4.78, 5) is 26.9. The van der Waals surface area contributed by atoms with Gasteiger partial charge in [-0.25, -0.2) is 13.8 Å². The molecule has 2 aromatic carbocycles. The number of rotatable bonds is 8. The van der Waals surface area contributed by atoms with E-state index in [0.29, 0.717) is 60.6 Å². The number of fused-ring (bicyclic) bond motifs is 5. The van der Waals surface area contributed by atoms with Crippen LogP contribution in [0.3, 0.4) is 0 Å². The Labute approximate surface area is 300 Å². The number of aromatic nitrogens is 4. The molecule has 3 aliphatic rings. The number of benzene rings is 2. The monoisotopic (exact) mass is 724 g/mol. The standard InChI is InChI=1S/C38H31ClF2N6O3S/c1-18-45-46-37(50-18)29-26(11-7-19-5-8-21(40)9-6-19)43-33-27-4-3-15-47(27)38(48)31(33)30(29)28-16-20-13-14-42-36(35(20)51-28)44-25-12-10-22-23(25)17-24(39)34(49-2)32(22)41/h5-6,8-9,13-14,16-17,25,27H,3-4,7,10-12,15H2,1-2H3,(H,42,44)/t25?,27-/m0/s1. The van der Waals surface area contributed by atoms with Crippen LogP contribution in [-0.4, -0.2) is 44.6 Å². The molecule has 2 atom stereocenters. The first-order valence-corrected chi connectivity index (χ1v) is 18.1. The van der Waals surface area contributed by atoms with Crippen molar-refractivity contribution in [1.29, 1.82) is 0 Å². The predicted molar refractivity (Wildman–Crippen MR) is 190 cm³/mol. The molecule has 51 heavy (non-hydrogen) atoms. The number of anilines is 1. The molecule has 6 heterocycles. The van der Waals surface area contributed by atoms with E-state index in [1.807, 2.05) is 11.0 Å². The molecule has 9 rings (SSSR count). The minimum absolute atomic E-state index is 0.0524. The first kappa shape index (κ1) is 32.0. The van der Waals surface area contributed by atoms with Crippen LogP contribution < -0.4 is 10.1 Å². The second kappa shape index (κ2) is 12.4. The maximum Gasteiger partial charge on any atom is 0.257 e. The lowest BCUT2D eigenvalue weighted by Gasteiger charge is -2.17. The molecular formula is C38H31ClF2N6O3S. The fourth-order valence-electron chi connectivity index (χ4n) is 7.88. The normalized spacial score (nSPS) is 17.7. The molecule has 0 bridgehead atoms. The molecule has 2 aliphatic heterocycles. The van der Waals surface area contributed by atoms with Crippen molar-refractivity contribution < 1.29 is 22.7 Å². The molecule has 1 amide bonds. The van der Waals surface area contributed by atoms with Gasteiger partial charge in [0.2, 0.25) is 11.8 Å². The highest BCUT2D eigenvalue weighted by atomic mass is 35.5. The van der Waals surface area contributed by atoms with Crippen LogP contribution >= 0.6 is 22.9 Å². The molecule has 1 fully saturated rings. The van der Waals surface area contributed by atoms with E-state index in [9.17, 15) is 9.18 Å². The van der Waals surface area contributed by atoms with Gasteiger partial charge in [0.25, 0.3) is 5.91 Å². The molecule has 1 unspecified atom stereocenters. The van der Waals surface area contributed by atoms with Gasteiger partial charge in [0, 0.05) is 30.1 Å². The minimum atomic E-state index is -0.426. The van der Waals surface area contributed by atoms with Gasteiger partial charge in [-0.05, 0) is 90.9 Å². The Morgan fingerprint density at radius 3 is 2.71 bits per heavy atom. The Kier molecular flexibility index (Phi) is 7.77. The predicted octanol–water partition coefficient (Wildman–Crippen LogP) is 8.83. The lowest BCUT2D eigenvalue weighted by molar-refractivity contribution is 0.0776. The molecule has 0 spiro atoms. The van der Waals surface area contributed by atoms with E-state index < -0.39 is 5.82 Å². The van der Waals surface area contributed by atoms with Gasteiger partial charge in [-0.15, -0.1) is 21.5 Å². The van der Waals surface area contributed by atoms with Crippen LogP contribution in [-0.2, 0) is 19.3 Å². The molecule has 1 saturated heterocycles. The number of carbonyl (C=O) groups is 1. The molecule has 1 N–H and O–H groups in total. The van der Waals surface area contributed by atoms with Crippen molar-refractivity contribution in [3.05, 3.63) is 105 Å². The zero-order valence-corrected chi connectivity index (χ0v) is 29.3. The van der Waals surface area contributed by atoms with Crippen molar-refractivity contribution in [1.82, 2.24) is 25.1 Å². The first-order valence-electron chi connectivity index (χ1n) is 16.9. The van der Waals surface area contributed by atoms with Crippen LogP contribution in [0.15, 0.2) is 53.1 Å². The van der Waals surface area contributed by atoms with Gasteiger partial charge in [-0.1, -0.05) is 23.7 Å². The van der Waals surface area contributed by atoms with Gasteiger partial charge >= 0.3 is 0 Å². The summed E-state index contributed by atoms with van der Waals surface area (Å²) in [5.74, 6) is 0.623. The van der Waals surface area contributed by atoms with Crippen LogP contribution in [0, 0.1) is 18.6 Å². The second-order valence-electron chi connectivity index (χ2n) is 13.2. The third-order valence-corrected chi connectivity index (χ3v) is 11.7. The smallest absolute Gasteiger partial charge is 0.257 e. The van der Waals surface area contributed by atoms with Gasteiger partial charge < -0.3 is 19.4 Å². The molecule has 0 saturated carbocycles. The average Bonchev–Trinajstić information content (AvgIpc) is 3.96. The van der Waals surface area contributed by atoms with Gasteiger partial charge in [-0.3, -0.25) is 9.78 Å². The molecule has 9 nitrogen and oxygen atoms in total. The third kappa shape index (κ3) is 5.26. The lowest BCUT2D eigenvalue weighted by Crippen LogP contribution is -2.22. The molecular weight excluding hydrogens is 694 g/mol. The number of ether oxygens (including phenoxy) is 1. The molecule has 4 aromatic heterocycles. The molecule has 0 radical (unpaired) electrons. The first-order chi connectivity index (χ1) is 24.8. The second-order valence-corrected chi connectivity index (χ2v) is 14.6. The number of carbonyl (C=O) groups excluding carboxylic acids is 1. The van der Waals surface area contributed by atoms with Crippen LogP contribution in [0.4, 0.5) is 14.6 Å². The quantitative estimate of drug-likeness (QED) is 0.166. The SMILES string of the molecule is COc1c(Cl)cc2c(c1F)CCC2Nc1nccc2cc(-c3c4c(nc(CCc5ccc(F)cc5)c3-c3nnc(C)o3)[C@@H]3CCCN3C4=O)sc12. The van der Waals surface area contributed by atoms with Crippen LogP contribution in [0.5, 0.6) is 5.75 Å². The van der Waals surface area contributed by atoms with Crippen molar-refractivity contribution in [2.24, 2.45) is 0 Å². The number of nitrogens with one attached hydrogen (secondary N) is 1. The maximum absolute atomic E-state index is 15.3. The highest BCUT2D eigenvalue weighted by Crippen LogP contribution is 2.51. The fraction of sp³-hybridized carbons (Fsp3) is 0.289. The Bertz CT molecular complexity index is 2380. The summed E-state index contributed by atoms with van der Waals surface area (Å²) in [6, 6.07) is 11.9. The molecule has 13 heteroatoms. The maximum atomic E-state index is 15.3. The zero-order valence-electron chi connectivity index (χ0n) is 27.7. The van der Waals surface area contributed by atoms with Crippen LogP contribution in [0.25, 0.3) is 32.0 Å². The summed E-state index contributed by atoms with van der Waals surface area (Å²) in [7, 11) is 1.41.